The van der Waals surface area contributed by atoms with Crippen molar-refractivity contribution in [3.63, 3.8) is 0 Å². The Labute approximate surface area is 114 Å². The molecule has 3 rings (SSSR count). The molecule has 0 bridgehead atoms. The maximum Gasteiger partial charge on any atom is 0.206 e. The van der Waals surface area contributed by atoms with E-state index < -0.39 is 34.8 Å². The molecule has 1 aromatic heterocycles. The maximum absolute atomic E-state index is 13.8. The summed E-state index contributed by atoms with van der Waals surface area (Å²) in [6.07, 6.45) is 0. The third kappa shape index (κ3) is 1.99. The number of nitrogen functional groups attached to an aromatic ring is 1. The van der Waals surface area contributed by atoms with Crippen molar-refractivity contribution >= 4 is 17.0 Å². The van der Waals surface area contributed by atoms with Crippen LogP contribution >= 0.6 is 0 Å². The zero-order chi connectivity index (χ0) is 15.3. The Morgan fingerprint density at radius 1 is 0.810 bits per heavy atom. The molecular formula is C13H6F5N3. The van der Waals surface area contributed by atoms with Crippen molar-refractivity contribution in [1.29, 1.82) is 0 Å². The molecule has 0 fully saturated rings. The van der Waals surface area contributed by atoms with Crippen molar-refractivity contribution < 1.29 is 22.0 Å². The standard InChI is InChI=1S/C13H6F5N3/c14-5-1-9(18)12-11(2-5)21(13(19)20-12)10-4-7(16)6(15)3-8(10)17/h1-4H,(H2,19,20). The van der Waals surface area contributed by atoms with E-state index >= 15 is 0 Å². The van der Waals surface area contributed by atoms with Gasteiger partial charge in [-0.15, -0.1) is 0 Å². The molecule has 8 heteroatoms. The fourth-order valence-corrected chi connectivity index (χ4v) is 2.06. The van der Waals surface area contributed by atoms with Crippen molar-refractivity contribution in [3.05, 3.63) is 53.4 Å². The first-order valence-electron chi connectivity index (χ1n) is 5.66. The lowest BCUT2D eigenvalue weighted by molar-refractivity contribution is 0.493. The summed E-state index contributed by atoms with van der Waals surface area (Å²) < 4.78 is 67.7. The molecule has 2 N–H and O–H groups in total. The van der Waals surface area contributed by atoms with Gasteiger partial charge < -0.3 is 5.73 Å². The predicted octanol–water partition coefficient (Wildman–Crippen LogP) is 3.30. The molecule has 2 aromatic carbocycles. The number of benzene rings is 2. The molecule has 1 heterocycles. The van der Waals surface area contributed by atoms with Gasteiger partial charge in [0.25, 0.3) is 0 Å². The first-order valence-corrected chi connectivity index (χ1v) is 5.66. The van der Waals surface area contributed by atoms with E-state index in [-0.39, 0.29) is 17.0 Å². The topological polar surface area (TPSA) is 43.8 Å². The van der Waals surface area contributed by atoms with Crippen LogP contribution in [0.15, 0.2) is 24.3 Å². The Bertz CT molecular complexity index is 872. The van der Waals surface area contributed by atoms with E-state index in [1.165, 1.54) is 0 Å². The summed E-state index contributed by atoms with van der Waals surface area (Å²) in [6.45, 7) is 0. The minimum absolute atomic E-state index is 0.199. The maximum atomic E-state index is 13.8. The van der Waals surface area contributed by atoms with E-state index in [1.807, 2.05) is 0 Å². The number of anilines is 1. The summed E-state index contributed by atoms with van der Waals surface area (Å²) in [5.41, 5.74) is 4.53. The number of hydrogen-bond donors (Lipinski definition) is 1. The first kappa shape index (κ1) is 13.3. The number of imidazole rings is 1. The minimum Gasteiger partial charge on any atom is -0.369 e. The van der Waals surface area contributed by atoms with Gasteiger partial charge in [0.05, 0.1) is 11.2 Å². The minimum atomic E-state index is -1.39. The van der Waals surface area contributed by atoms with Crippen LogP contribution in [0, 0.1) is 29.1 Å². The van der Waals surface area contributed by atoms with Gasteiger partial charge in [0, 0.05) is 24.3 Å². The SMILES string of the molecule is Nc1nc2c(F)cc(F)cc2n1-c1cc(F)c(F)cc1F. The zero-order valence-corrected chi connectivity index (χ0v) is 10.2. The molecule has 0 spiro atoms. The molecule has 0 saturated heterocycles. The highest BCUT2D eigenvalue weighted by molar-refractivity contribution is 5.81. The van der Waals surface area contributed by atoms with Crippen LogP contribution in [0.5, 0.6) is 0 Å². The second-order valence-electron chi connectivity index (χ2n) is 4.28. The molecule has 0 aliphatic heterocycles. The third-order valence-electron chi connectivity index (χ3n) is 2.94. The Balaban J connectivity index is 2.40. The summed E-state index contributed by atoms with van der Waals surface area (Å²) in [4.78, 5) is 3.64. The van der Waals surface area contributed by atoms with Crippen LogP contribution < -0.4 is 5.73 Å². The Hall–Kier alpha value is -2.64. The van der Waals surface area contributed by atoms with E-state index in [4.69, 9.17) is 5.73 Å². The van der Waals surface area contributed by atoms with Crippen molar-refractivity contribution in [2.75, 3.05) is 5.73 Å². The van der Waals surface area contributed by atoms with E-state index in [1.54, 1.807) is 0 Å². The Kier molecular flexibility index (Phi) is 2.82. The van der Waals surface area contributed by atoms with Crippen LogP contribution in [0.4, 0.5) is 27.9 Å². The molecule has 3 aromatic rings. The Morgan fingerprint density at radius 2 is 1.48 bits per heavy atom. The van der Waals surface area contributed by atoms with E-state index in [0.29, 0.717) is 18.2 Å². The van der Waals surface area contributed by atoms with Gasteiger partial charge in [-0.3, -0.25) is 4.57 Å². The molecule has 0 atom stereocenters. The quantitative estimate of drug-likeness (QED) is 0.553. The van der Waals surface area contributed by atoms with Crippen LogP contribution in [0.3, 0.4) is 0 Å². The Morgan fingerprint density at radius 3 is 2.19 bits per heavy atom. The fraction of sp³-hybridized carbons (Fsp3) is 0. The number of rotatable bonds is 1. The molecule has 0 aliphatic rings. The lowest BCUT2D eigenvalue weighted by atomic mass is 10.2. The van der Waals surface area contributed by atoms with Crippen molar-refractivity contribution in [2.24, 2.45) is 0 Å². The van der Waals surface area contributed by atoms with Gasteiger partial charge in [0.1, 0.15) is 17.2 Å². The van der Waals surface area contributed by atoms with Crippen molar-refractivity contribution in [2.45, 2.75) is 0 Å². The van der Waals surface area contributed by atoms with Gasteiger partial charge in [0.2, 0.25) is 5.95 Å². The van der Waals surface area contributed by atoms with Crippen LogP contribution in [0.1, 0.15) is 0 Å². The van der Waals surface area contributed by atoms with Crippen LogP contribution in [0.25, 0.3) is 16.7 Å². The molecule has 108 valence electrons. The normalized spacial score (nSPS) is 11.3. The molecule has 0 amide bonds. The molecule has 3 nitrogen and oxygen atoms in total. The van der Waals surface area contributed by atoms with E-state index in [9.17, 15) is 22.0 Å². The van der Waals surface area contributed by atoms with E-state index in [2.05, 4.69) is 4.98 Å². The second kappa shape index (κ2) is 4.44. The average Bonchev–Trinajstić information content (AvgIpc) is 2.71. The summed E-state index contributed by atoms with van der Waals surface area (Å²) in [5.74, 6) is -6.20. The number of hydrogen-bond acceptors (Lipinski definition) is 2. The number of nitrogens with zero attached hydrogens (tertiary/aromatic N) is 2. The smallest absolute Gasteiger partial charge is 0.206 e. The monoisotopic (exact) mass is 299 g/mol. The lowest BCUT2D eigenvalue weighted by Gasteiger charge is -2.08. The van der Waals surface area contributed by atoms with Gasteiger partial charge in [-0.25, -0.2) is 26.9 Å². The van der Waals surface area contributed by atoms with Gasteiger partial charge in [-0.05, 0) is 0 Å². The molecular weight excluding hydrogens is 293 g/mol. The predicted molar refractivity (Wildman–Crippen MR) is 65.3 cm³/mol. The number of aromatic nitrogens is 2. The van der Waals surface area contributed by atoms with Crippen LogP contribution in [-0.2, 0) is 0 Å². The zero-order valence-electron chi connectivity index (χ0n) is 10.2. The lowest BCUT2D eigenvalue weighted by Crippen LogP contribution is -2.04. The van der Waals surface area contributed by atoms with Crippen LogP contribution in [-0.4, -0.2) is 9.55 Å². The van der Waals surface area contributed by atoms with Crippen molar-refractivity contribution in [3.8, 4) is 5.69 Å². The van der Waals surface area contributed by atoms with Gasteiger partial charge in [-0.2, -0.15) is 0 Å². The van der Waals surface area contributed by atoms with Crippen molar-refractivity contribution in [1.82, 2.24) is 9.55 Å². The highest BCUT2D eigenvalue weighted by Gasteiger charge is 2.19. The third-order valence-corrected chi connectivity index (χ3v) is 2.94. The summed E-state index contributed by atoms with van der Waals surface area (Å²) in [5, 5.41) is 0. The number of nitrogens with two attached hydrogens (primary N) is 1. The van der Waals surface area contributed by atoms with Gasteiger partial charge in [0.15, 0.2) is 17.5 Å². The van der Waals surface area contributed by atoms with Gasteiger partial charge in [-0.1, -0.05) is 0 Å². The number of halogens is 5. The molecule has 0 unspecified atom stereocenters. The molecule has 0 saturated carbocycles. The largest absolute Gasteiger partial charge is 0.369 e. The molecule has 21 heavy (non-hydrogen) atoms. The highest BCUT2D eigenvalue weighted by atomic mass is 19.2. The van der Waals surface area contributed by atoms with Crippen LogP contribution in [0.2, 0.25) is 0 Å². The molecule has 0 aliphatic carbocycles. The first-order chi connectivity index (χ1) is 9.88. The second-order valence-corrected chi connectivity index (χ2v) is 4.28. The average molecular weight is 299 g/mol. The number of fused-ring (bicyclic) bond motifs is 1. The summed E-state index contributed by atoms with van der Waals surface area (Å²) in [6, 6.07) is 2.29. The van der Waals surface area contributed by atoms with E-state index in [0.717, 1.165) is 10.6 Å². The van der Waals surface area contributed by atoms with Gasteiger partial charge >= 0.3 is 0 Å². The highest BCUT2D eigenvalue weighted by Crippen LogP contribution is 2.28. The fourth-order valence-electron chi connectivity index (χ4n) is 2.06. The molecule has 0 radical (unpaired) electrons. The summed E-state index contributed by atoms with van der Waals surface area (Å²) >= 11 is 0. The summed E-state index contributed by atoms with van der Waals surface area (Å²) in [7, 11) is 0.